The van der Waals surface area contributed by atoms with Crippen LogP contribution in [0.5, 0.6) is 5.75 Å². The molecule has 1 heterocycles. The monoisotopic (exact) mass is 235 g/mol. The zero-order chi connectivity index (χ0) is 12.3. The Kier molecular flexibility index (Phi) is 3.69. The van der Waals surface area contributed by atoms with Crippen molar-refractivity contribution in [1.29, 1.82) is 0 Å². The first kappa shape index (κ1) is 12.4. The second kappa shape index (κ2) is 5.07. The van der Waals surface area contributed by atoms with Gasteiger partial charge in [0.25, 0.3) is 0 Å². The van der Waals surface area contributed by atoms with E-state index in [9.17, 15) is 0 Å². The second-order valence-corrected chi connectivity index (χ2v) is 5.01. The summed E-state index contributed by atoms with van der Waals surface area (Å²) >= 11 is 0. The minimum Gasteiger partial charge on any atom is -0.496 e. The molecule has 1 fully saturated rings. The van der Waals surface area contributed by atoms with E-state index in [1.807, 2.05) is 6.07 Å². The Labute approximate surface area is 103 Å². The lowest BCUT2D eigenvalue weighted by Gasteiger charge is -2.33. The Morgan fingerprint density at radius 2 is 2.29 bits per heavy atom. The topological polar surface area (TPSA) is 44.5 Å². The lowest BCUT2D eigenvalue weighted by molar-refractivity contribution is 0.0380. The largest absolute Gasteiger partial charge is 0.496 e. The third-order valence-electron chi connectivity index (χ3n) is 3.33. The standard InChI is InChI=1S/C14H21NO2/c1-11-4-5-13(16-2)12(8-11)9-14(15)6-3-7-17-10-14/h4-5,8H,3,6-7,9-10,15H2,1-2H3. The van der Waals surface area contributed by atoms with Crippen molar-refractivity contribution in [3.8, 4) is 5.75 Å². The van der Waals surface area contributed by atoms with Crippen LogP contribution in [0.3, 0.4) is 0 Å². The summed E-state index contributed by atoms with van der Waals surface area (Å²) in [6.45, 7) is 3.57. The highest BCUT2D eigenvalue weighted by Crippen LogP contribution is 2.27. The Morgan fingerprint density at radius 3 is 2.94 bits per heavy atom. The van der Waals surface area contributed by atoms with Crippen LogP contribution in [0.1, 0.15) is 24.0 Å². The summed E-state index contributed by atoms with van der Waals surface area (Å²) in [5, 5.41) is 0. The molecule has 0 amide bonds. The van der Waals surface area contributed by atoms with Gasteiger partial charge in [0.05, 0.1) is 13.7 Å². The summed E-state index contributed by atoms with van der Waals surface area (Å²) in [7, 11) is 1.70. The molecule has 0 aliphatic carbocycles. The molecular formula is C14H21NO2. The number of hydrogen-bond donors (Lipinski definition) is 1. The van der Waals surface area contributed by atoms with E-state index < -0.39 is 0 Å². The van der Waals surface area contributed by atoms with Crippen LogP contribution in [0.15, 0.2) is 18.2 Å². The average Bonchev–Trinajstić information content (AvgIpc) is 2.29. The fourth-order valence-electron chi connectivity index (χ4n) is 2.44. The van der Waals surface area contributed by atoms with Crippen molar-refractivity contribution >= 4 is 0 Å². The minimum absolute atomic E-state index is 0.237. The third kappa shape index (κ3) is 2.99. The van der Waals surface area contributed by atoms with Gasteiger partial charge in [-0.3, -0.25) is 0 Å². The molecule has 3 heteroatoms. The molecule has 17 heavy (non-hydrogen) atoms. The van der Waals surface area contributed by atoms with Crippen LogP contribution >= 0.6 is 0 Å². The van der Waals surface area contributed by atoms with Gasteiger partial charge in [-0.2, -0.15) is 0 Å². The van der Waals surface area contributed by atoms with Gasteiger partial charge >= 0.3 is 0 Å². The molecule has 1 aromatic rings. The molecule has 1 unspecified atom stereocenters. The summed E-state index contributed by atoms with van der Waals surface area (Å²) in [6, 6.07) is 6.22. The molecular weight excluding hydrogens is 214 g/mol. The fraction of sp³-hybridized carbons (Fsp3) is 0.571. The number of hydrogen-bond acceptors (Lipinski definition) is 3. The first-order valence-corrected chi connectivity index (χ1v) is 6.13. The molecule has 0 spiro atoms. The maximum Gasteiger partial charge on any atom is 0.122 e. The number of benzene rings is 1. The maximum absolute atomic E-state index is 6.38. The fourth-order valence-corrected chi connectivity index (χ4v) is 2.44. The van der Waals surface area contributed by atoms with Crippen LogP contribution in [-0.4, -0.2) is 25.9 Å². The molecule has 0 aromatic heterocycles. The van der Waals surface area contributed by atoms with E-state index in [4.69, 9.17) is 15.2 Å². The number of methoxy groups -OCH3 is 1. The predicted octanol–water partition coefficient (Wildman–Crippen LogP) is 2.05. The lowest BCUT2D eigenvalue weighted by Crippen LogP contribution is -2.49. The molecule has 1 aliphatic rings. The van der Waals surface area contributed by atoms with E-state index in [-0.39, 0.29) is 5.54 Å². The summed E-state index contributed by atoms with van der Waals surface area (Å²) < 4.78 is 10.9. The van der Waals surface area contributed by atoms with Gasteiger partial charge in [-0.1, -0.05) is 17.7 Å². The molecule has 2 N–H and O–H groups in total. The zero-order valence-electron chi connectivity index (χ0n) is 10.7. The van der Waals surface area contributed by atoms with Crippen LogP contribution in [-0.2, 0) is 11.2 Å². The van der Waals surface area contributed by atoms with Crippen LogP contribution in [0.2, 0.25) is 0 Å². The van der Waals surface area contributed by atoms with E-state index in [1.165, 1.54) is 11.1 Å². The Morgan fingerprint density at radius 1 is 1.47 bits per heavy atom. The smallest absolute Gasteiger partial charge is 0.122 e. The van der Waals surface area contributed by atoms with Crippen molar-refractivity contribution in [2.45, 2.75) is 31.7 Å². The van der Waals surface area contributed by atoms with Crippen molar-refractivity contribution < 1.29 is 9.47 Å². The van der Waals surface area contributed by atoms with Gasteiger partial charge in [0.15, 0.2) is 0 Å². The lowest BCUT2D eigenvalue weighted by atomic mass is 9.86. The molecule has 1 aliphatic heterocycles. The molecule has 2 rings (SSSR count). The molecule has 1 aromatic carbocycles. The van der Waals surface area contributed by atoms with Crippen LogP contribution in [0, 0.1) is 6.92 Å². The van der Waals surface area contributed by atoms with E-state index in [0.717, 1.165) is 31.6 Å². The molecule has 1 saturated heterocycles. The molecule has 1 atom stereocenters. The van der Waals surface area contributed by atoms with Crippen LogP contribution in [0.25, 0.3) is 0 Å². The molecule has 0 saturated carbocycles. The Balaban J connectivity index is 2.19. The third-order valence-corrected chi connectivity index (χ3v) is 3.33. The highest BCUT2D eigenvalue weighted by Gasteiger charge is 2.29. The van der Waals surface area contributed by atoms with Crippen molar-refractivity contribution in [3.63, 3.8) is 0 Å². The van der Waals surface area contributed by atoms with Crippen molar-refractivity contribution in [3.05, 3.63) is 29.3 Å². The highest BCUT2D eigenvalue weighted by molar-refractivity contribution is 5.38. The van der Waals surface area contributed by atoms with E-state index in [0.29, 0.717) is 6.61 Å². The quantitative estimate of drug-likeness (QED) is 0.872. The van der Waals surface area contributed by atoms with Crippen molar-refractivity contribution in [2.24, 2.45) is 5.73 Å². The molecule has 3 nitrogen and oxygen atoms in total. The minimum atomic E-state index is -0.237. The second-order valence-electron chi connectivity index (χ2n) is 5.01. The van der Waals surface area contributed by atoms with Gasteiger partial charge in [-0.15, -0.1) is 0 Å². The van der Waals surface area contributed by atoms with E-state index >= 15 is 0 Å². The Hall–Kier alpha value is -1.06. The molecule has 0 bridgehead atoms. The number of nitrogens with two attached hydrogens (primary N) is 1. The maximum atomic E-state index is 6.38. The predicted molar refractivity (Wildman–Crippen MR) is 68.4 cm³/mol. The highest BCUT2D eigenvalue weighted by atomic mass is 16.5. The summed E-state index contributed by atoms with van der Waals surface area (Å²) in [5.74, 6) is 0.922. The number of ether oxygens (including phenoxy) is 2. The van der Waals surface area contributed by atoms with Gasteiger partial charge in [-0.25, -0.2) is 0 Å². The van der Waals surface area contributed by atoms with Gasteiger partial charge in [0.2, 0.25) is 0 Å². The number of rotatable bonds is 3. The zero-order valence-corrected chi connectivity index (χ0v) is 10.7. The molecule has 0 radical (unpaired) electrons. The van der Waals surface area contributed by atoms with Crippen molar-refractivity contribution in [2.75, 3.05) is 20.3 Å². The summed E-state index contributed by atoms with van der Waals surface area (Å²) in [5.41, 5.74) is 8.57. The van der Waals surface area contributed by atoms with Crippen molar-refractivity contribution in [1.82, 2.24) is 0 Å². The first-order chi connectivity index (χ1) is 8.13. The van der Waals surface area contributed by atoms with Gasteiger partial charge < -0.3 is 15.2 Å². The van der Waals surface area contributed by atoms with E-state index in [2.05, 4.69) is 19.1 Å². The van der Waals surface area contributed by atoms with E-state index in [1.54, 1.807) is 7.11 Å². The SMILES string of the molecule is COc1ccc(C)cc1CC1(N)CCCOC1. The number of aryl methyl sites for hydroxylation is 1. The van der Waals surface area contributed by atoms with Gasteiger partial charge in [0.1, 0.15) is 5.75 Å². The first-order valence-electron chi connectivity index (χ1n) is 6.13. The van der Waals surface area contributed by atoms with Crippen LogP contribution < -0.4 is 10.5 Å². The summed E-state index contributed by atoms with van der Waals surface area (Å²) in [4.78, 5) is 0. The van der Waals surface area contributed by atoms with Crippen LogP contribution in [0.4, 0.5) is 0 Å². The summed E-state index contributed by atoms with van der Waals surface area (Å²) in [6.07, 6.45) is 2.88. The van der Waals surface area contributed by atoms with Gasteiger partial charge in [-0.05, 0) is 37.8 Å². The normalized spacial score (nSPS) is 24.6. The molecule has 94 valence electrons. The Bertz CT molecular complexity index is 384. The van der Waals surface area contributed by atoms with Gasteiger partial charge in [0, 0.05) is 12.1 Å². The average molecular weight is 235 g/mol.